The van der Waals surface area contributed by atoms with Gasteiger partial charge in [-0.1, -0.05) is 0 Å². The molecule has 0 unspecified atom stereocenters. The Morgan fingerprint density at radius 3 is 2.53 bits per heavy atom. The predicted molar refractivity (Wildman–Crippen MR) is 72.4 cm³/mol. The van der Waals surface area contributed by atoms with Gasteiger partial charge in [0, 0.05) is 12.6 Å². The summed E-state index contributed by atoms with van der Waals surface area (Å²) in [4.78, 5) is 22.3. The van der Waals surface area contributed by atoms with Crippen molar-refractivity contribution in [3.63, 3.8) is 0 Å². The fourth-order valence-electron chi connectivity index (χ4n) is 1.49. The van der Waals surface area contributed by atoms with Crippen LogP contribution in [0.1, 0.15) is 38.1 Å². The number of nitro groups is 1. The van der Waals surface area contributed by atoms with Crippen molar-refractivity contribution in [3.8, 4) is 0 Å². The summed E-state index contributed by atoms with van der Waals surface area (Å²) in [6.07, 6.45) is 0. The lowest BCUT2D eigenvalue weighted by Crippen LogP contribution is -2.24. The van der Waals surface area contributed by atoms with E-state index in [1.807, 2.05) is 6.92 Å². The number of anilines is 1. The molecule has 0 atom stereocenters. The van der Waals surface area contributed by atoms with E-state index in [4.69, 9.17) is 4.74 Å². The molecule has 0 heterocycles. The normalized spacial score (nSPS) is 10.9. The maximum atomic E-state index is 11.8. The van der Waals surface area contributed by atoms with Crippen LogP contribution in [-0.4, -0.2) is 23.0 Å². The predicted octanol–water partition coefficient (Wildman–Crippen LogP) is 2.98. The van der Waals surface area contributed by atoms with Gasteiger partial charge in [0.15, 0.2) is 0 Å². The highest BCUT2D eigenvalue weighted by Gasteiger charge is 2.21. The van der Waals surface area contributed by atoms with E-state index in [-0.39, 0.29) is 11.3 Å². The van der Waals surface area contributed by atoms with Crippen LogP contribution in [-0.2, 0) is 4.74 Å². The van der Waals surface area contributed by atoms with Gasteiger partial charge in [0.25, 0.3) is 5.69 Å². The molecule has 6 heteroatoms. The SMILES string of the molecule is CCNc1ccc(C(=O)OC(C)(C)C)cc1[N+](=O)[O-]. The molecule has 0 radical (unpaired) electrons. The number of ether oxygens (including phenoxy) is 1. The highest BCUT2D eigenvalue weighted by molar-refractivity contribution is 5.91. The second kappa shape index (κ2) is 5.69. The van der Waals surface area contributed by atoms with Gasteiger partial charge in [-0.05, 0) is 39.8 Å². The number of nitro benzene ring substituents is 1. The molecule has 1 aromatic rings. The standard InChI is InChI=1S/C13H18N2O4/c1-5-14-10-7-6-9(8-11(10)15(17)18)12(16)19-13(2,3)4/h6-8,14H,5H2,1-4H3. The first kappa shape index (κ1) is 14.9. The number of rotatable bonds is 4. The first-order valence-electron chi connectivity index (χ1n) is 6.00. The van der Waals surface area contributed by atoms with Gasteiger partial charge in [0.1, 0.15) is 11.3 Å². The summed E-state index contributed by atoms with van der Waals surface area (Å²) in [6, 6.07) is 4.26. The molecule has 0 saturated heterocycles. The van der Waals surface area contributed by atoms with Gasteiger partial charge in [0.05, 0.1) is 10.5 Å². The third kappa shape index (κ3) is 4.24. The lowest BCUT2D eigenvalue weighted by atomic mass is 10.1. The first-order chi connectivity index (χ1) is 8.74. The van der Waals surface area contributed by atoms with Gasteiger partial charge in [-0.25, -0.2) is 4.79 Å². The summed E-state index contributed by atoms with van der Waals surface area (Å²) in [6.45, 7) is 7.63. The number of esters is 1. The molecule has 1 rings (SSSR count). The maximum absolute atomic E-state index is 11.8. The van der Waals surface area contributed by atoms with Gasteiger partial charge >= 0.3 is 5.97 Å². The van der Waals surface area contributed by atoms with Crippen molar-refractivity contribution in [1.29, 1.82) is 0 Å². The van der Waals surface area contributed by atoms with Crippen LogP contribution >= 0.6 is 0 Å². The number of nitrogens with zero attached hydrogens (tertiary/aromatic N) is 1. The van der Waals surface area contributed by atoms with Crippen molar-refractivity contribution < 1.29 is 14.5 Å². The molecule has 1 aromatic carbocycles. The molecule has 0 aliphatic carbocycles. The minimum Gasteiger partial charge on any atom is -0.456 e. The van der Waals surface area contributed by atoms with Crippen LogP contribution in [0.3, 0.4) is 0 Å². The van der Waals surface area contributed by atoms with E-state index in [1.165, 1.54) is 18.2 Å². The number of carbonyl (C=O) groups excluding carboxylic acids is 1. The molecule has 6 nitrogen and oxygen atoms in total. The van der Waals surface area contributed by atoms with Crippen LogP contribution in [0.25, 0.3) is 0 Å². The maximum Gasteiger partial charge on any atom is 0.338 e. The van der Waals surface area contributed by atoms with Crippen molar-refractivity contribution in [2.24, 2.45) is 0 Å². The highest BCUT2D eigenvalue weighted by atomic mass is 16.6. The Balaban J connectivity index is 3.08. The number of hydrogen-bond donors (Lipinski definition) is 1. The van der Waals surface area contributed by atoms with Crippen molar-refractivity contribution in [3.05, 3.63) is 33.9 Å². The van der Waals surface area contributed by atoms with E-state index in [9.17, 15) is 14.9 Å². The summed E-state index contributed by atoms with van der Waals surface area (Å²) in [7, 11) is 0. The minimum atomic E-state index is -0.633. The van der Waals surface area contributed by atoms with Crippen molar-refractivity contribution in [2.45, 2.75) is 33.3 Å². The van der Waals surface area contributed by atoms with Crippen LogP contribution in [0.15, 0.2) is 18.2 Å². The van der Waals surface area contributed by atoms with Crippen LogP contribution in [0.2, 0.25) is 0 Å². The molecule has 0 saturated carbocycles. The van der Waals surface area contributed by atoms with Crippen LogP contribution in [0.4, 0.5) is 11.4 Å². The highest BCUT2D eigenvalue weighted by Crippen LogP contribution is 2.26. The first-order valence-corrected chi connectivity index (χ1v) is 6.00. The third-order valence-electron chi connectivity index (χ3n) is 2.20. The summed E-state index contributed by atoms with van der Waals surface area (Å²) in [5.74, 6) is -0.571. The fraction of sp³-hybridized carbons (Fsp3) is 0.462. The number of nitrogens with one attached hydrogen (secondary N) is 1. The molecule has 0 aliphatic heterocycles. The topological polar surface area (TPSA) is 81.5 Å². The Labute approximate surface area is 111 Å². The van der Waals surface area contributed by atoms with Gasteiger partial charge in [0.2, 0.25) is 0 Å². The lowest BCUT2D eigenvalue weighted by Gasteiger charge is -2.19. The third-order valence-corrected chi connectivity index (χ3v) is 2.20. The number of carbonyl (C=O) groups is 1. The zero-order valence-corrected chi connectivity index (χ0v) is 11.5. The summed E-state index contributed by atoms with van der Waals surface area (Å²) in [5, 5.41) is 13.8. The lowest BCUT2D eigenvalue weighted by molar-refractivity contribution is -0.384. The van der Waals surface area contributed by atoms with Crippen LogP contribution in [0.5, 0.6) is 0 Å². The van der Waals surface area contributed by atoms with Crippen LogP contribution in [0, 0.1) is 10.1 Å². The summed E-state index contributed by atoms with van der Waals surface area (Å²) < 4.78 is 5.18. The van der Waals surface area contributed by atoms with Gasteiger partial charge in [-0.15, -0.1) is 0 Å². The molecule has 0 spiro atoms. The Morgan fingerprint density at radius 2 is 2.05 bits per heavy atom. The van der Waals surface area contributed by atoms with E-state index < -0.39 is 16.5 Å². The molecule has 0 fully saturated rings. The van der Waals surface area contributed by atoms with Crippen molar-refractivity contribution in [2.75, 3.05) is 11.9 Å². The molecular weight excluding hydrogens is 248 g/mol. The van der Waals surface area contributed by atoms with E-state index in [0.29, 0.717) is 12.2 Å². The van der Waals surface area contributed by atoms with E-state index >= 15 is 0 Å². The molecule has 0 amide bonds. The monoisotopic (exact) mass is 266 g/mol. The smallest absolute Gasteiger partial charge is 0.338 e. The Hall–Kier alpha value is -2.11. The van der Waals surface area contributed by atoms with Crippen LogP contribution < -0.4 is 5.32 Å². The molecule has 0 aliphatic rings. The Kier molecular flexibility index (Phi) is 4.47. The van der Waals surface area contributed by atoms with Gasteiger partial charge in [-0.3, -0.25) is 10.1 Å². The Morgan fingerprint density at radius 1 is 1.42 bits per heavy atom. The number of hydrogen-bond acceptors (Lipinski definition) is 5. The average Bonchev–Trinajstić information content (AvgIpc) is 2.27. The summed E-state index contributed by atoms with van der Waals surface area (Å²) >= 11 is 0. The molecule has 19 heavy (non-hydrogen) atoms. The van der Waals surface area contributed by atoms with E-state index in [1.54, 1.807) is 20.8 Å². The second-order valence-corrected chi connectivity index (χ2v) is 5.02. The molecular formula is C13H18N2O4. The minimum absolute atomic E-state index is 0.134. The molecule has 104 valence electrons. The fourth-order valence-corrected chi connectivity index (χ4v) is 1.49. The average molecular weight is 266 g/mol. The summed E-state index contributed by atoms with van der Waals surface area (Å²) in [5.41, 5.74) is -0.208. The zero-order valence-electron chi connectivity index (χ0n) is 11.5. The number of benzene rings is 1. The van der Waals surface area contributed by atoms with E-state index in [2.05, 4.69) is 5.32 Å². The quantitative estimate of drug-likeness (QED) is 0.514. The largest absolute Gasteiger partial charge is 0.456 e. The van der Waals surface area contributed by atoms with Crippen molar-refractivity contribution in [1.82, 2.24) is 0 Å². The Bertz CT molecular complexity index is 492. The van der Waals surface area contributed by atoms with Gasteiger partial charge < -0.3 is 10.1 Å². The zero-order chi connectivity index (χ0) is 14.6. The molecule has 0 aromatic heterocycles. The molecule has 1 N–H and O–H groups in total. The van der Waals surface area contributed by atoms with Crippen molar-refractivity contribution >= 4 is 17.3 Å². The second-order valence-electron chi connectivity index (χ2n) is 5.02. The van der Waals surface area contributed by atoms with Gasteiger partial charge in [-0.2, -0.15) is 0 Å². The van der Waals surface area contributed by atoms with E-state index in [0.717, 1.165) is 0 Å². The molecule has 0 bridgehead atoms.